The number of aromatic nitrogens is 2. The van der Waals surface area contributed by atoms with Gasteiger partial charge < -0.3 is 14.4 Å². The number of hydrogen-bond donors (Lipinski definition) is 1. The maximum atomic E-state index is 12.1. The Morgan fingerprint density at radius 2 is 2.15 bits per heavy atom. The van der Waals surface area contributed by atoms with E-state index in [1.54, 1.807) is 50.6 Å². The summed E-state index contributed by atoms with van der Waals surface area (Å²) in [6.45, 7) is 3.60. The van der Waals surface area contributed by atoms with Gasteiger partial charge in [0.05, 0.1) is 12.2 Å². The Morgan fingerprint density at radius 3 is 2.90 bits per heavy atom. The third-order valence-electron chi connectivity index (χ3n) is 3.67. The minimum absolute atomic E-state index is 0.156. The fourth-order valence-electron chi connectivity index (χ4n) is 2.59. The van der Waals surface area contributed by atoms with Gasteiger partial charge in [-0.05, 0) is 26.0 Å². The SMILES string of the molecule is CC1(C)Oc2cnccc2[C@@H](n2ccccc2=O)[C@@H]1O. The van der Waals surface area contributed by atoms with E-state index < -0.39 is 17.7 Å². The van der Waals surface area contributed by atoms with Crippen molar-refractivity contribution >= 4 is 0 Å². The minimum atomic E-state index is -0.836. The van der Waals surface area contributed by atoms with E-state index in [1.807, 2.05) is 0 Å². The van der Waals surface area contributed by atoms with Crippen LogP contribution in [0.5, 0.6) is 5.75 Å². The molecule has 2 aromatic rings. The van der Waals surface area contributed by atoms with Crippen LogP contribution in [0, 0.1) is 0 Å². The van der Waals surface area contributed by atoms with Gasteiger partial charge in [0, 0.05) is 24.0 Å². The topological polar surface area (TPSA) is 64.4 Å². The molecule has 0 bridgehead atoms. The van der Waals surface area contributed by atoms with E-state index >= 15 is 0 Å². The molecule has 5 heteroatoms. The van der Waals surface area contributed by atoms with E-state index in [-0.39, 0.29) is 5.56 Å². The highest BCUT2D eigenvalue weighted by Gasteiger charge is 2.44. The molecule has 0 radical (unpaired) electrons. The lowest BCUT2D eigenvalue weighted by Gasteiger charge is -2.42. The maximum absolute atomic E-state index is 12.1. The predicted molar refractivity (Wildman–Crippen MR) is 73.8 cm³/mol. The van der Waals surface area contributed by atoms with Crippen molar-refractivity contribution in [2.24, 2.45) is 0 Å². The van der Waals surface area contributed by atoms with Crippen molar-refractivity contribution in [2.75, 3.05) is 0 Å². The largest absolute Gasteiger partial charge is 0.483 e. The average molecular weight is 272 g/mol. The van der Waals surface area contributed by atoms with Crippen molar-refractivity contribution in [1.29, 1.82) is 0 Å². The molecule has 1 N–H and O–H groups in total. The quantitative estimate of drug-likeness (QED) is 0.851. The first-order valence-corrected chi connectivity index (χ1v) is 6.49. The normalized spacial score (nSPS) is 23.8. The summed E-state index contributed by atoms with van der Waals surface area (Å²) in [6, 6.07) is 6.24. The van der Waals surface area contributed by atoms with Crippen LogP contribution in [0.15, 0.2) is 47.7 Å². The molecule has 0 spiro atoms. The van der Waals surface area contributed by atoms with Gasteiger partial charge in [0.2, 0.25) is 0 Å². The molecule has 0 amide bonds. The molecular weight excluding hydrogens is 256 g/mol. The highest BCUT2D eigenvalue weighted by atomic mass is 16.5. The van der Waals surface area contributed by atoms with Crippen LogP contribution in [0.3, 0.4) is 0 Å². The number of nitrogens with zero attached hydrogens (tertiary/aromatic N) is 2. The number of pyridine rings is 2. The van der Waals surface area contributed by atoms with Gasteiger partial charge >= 0.3 is 0 Å². The lowest BCUT2D eigenvalue weighted by molar-refractivity contribution is -0.0645. The van der Waals surface area contributed by atoms with E-state index in [9.17, 15) is 9.90 Å². The summed E-state index contributed by atoms with van der Waals surface area (Å²) in [5, 5.41) is 10.6. The van der Waals surface area contributed by atoms with Crippen molar-refractivity contribution in [3.63, 3.8) is 0 Å². The second-order valence-corrected chi connectivity index (χ2v) is 5.45. The first-order valence-electron chi connectivity index (χ1n) is 6.49. The lowest BCUT2D eigenvalue weighted by atomic mass is 9.87. The number of aliphatic hydroxyl groups excluding tert-OH is 1. The fraction of sp³-hybridized carbons (Fsp3) is 0.333. The summed E-state index contributed by atoms with van der Waals surface area (Å²) in [5.41, 5.74) is -0.187. The summed E-state index contributed by atoms with van der Waals surface area (Å²) >= 11 is 0. The van der Waals surface area contributed by atoms with Crippen LogP contribution in [0.25, 0.3) is 0 Å². The van der Waals surface area contributed by atoms with Crippen molar-refractivity contribution in [1.82, 2.24) is 9.55 Å². The van der Waals surface area contributed by atoms with Gasteiger partial charge in [0.15, 0.2) is 0 Å². The number of hydrogen-bond acceptors (Lipinski definition) is 4. The molecule has 0 aromatic carbocycles. The standard InChI is InChI=1S/C15H16N2O3/c1-15(2)14(19)13(17-8-4-3-5-12(17)18)10-6-7-16-9-11(10)20-15/h3-9,13-14,19H,1-2H3/t13-,14+/m1/s1. The third-order valence-corrected chi connectivity index (χ3v) is 3.67. The van der Waals surface area contributed by atoms with Crippen LogP contribution in [0.4, 0.5) is 0 Å². The smallest absolute Gasteiger partial charge is 0.251 e. The van der Waals surface area contributed by atoms with Crippen LogP contribution in [-0.2, 0) is 0 Å². The second-order valence-electron chi connectivity index (χ2n) is 5.45. The van der Waals surface area contributed by atoms with Crippen LogP contribution >= 0.6 is 0 Å². The van der Waals surface area contributed by atoms with Crippen molar-refractivity contribution in [2.45, 2.75) is 31.6 Å². The maximum Gasteiger partial charge on any atom is 0.251 e. The molecule has 1 aliphatic heterocycles. The number of fused-ring (bicyclic) bond motifs is 1. The zero-order valence-electron chi connectivity index (χ0n) is 11.4. The Bertz CT molecular complexity index is 693. The zero-order chi connectivity index (χ0) is 14.3. The van der Waals surface area contributed by atoms with Crippen molar-refractivity contribution in [3.05, 3.63) is 58.8 Å². The Balaban J connectivity index is 2.23. The van der Waals surface area contributed by atoms with Gasteiger partial charge in [-0.3, -0.25) is 9.78 Å². The number of rotatable bonds is 1. The van der Waals surface area contributed by atoms with Gasteiger partial charge in [-0.1, -0.05) is 6.07 Å². The molecule has 2 atom stereocenters. The monoisotopic (exact) mass is 272 g/mol. The average Bonchev–Trinajstić information content (AvgIpc) is 2.41. The highest BCUT2D eigenvalue weighted by Crippen LogP contribution is 2.40. The Morgan fingerprint density at radius 1 is 1.35 bits per heavy atom. The molecule has 1 aliphatic rings. The number of ether oxygens (including phenoxy) is 1. The summed E-state index contributed by atoms with van der Waals surface area (Å²) < 4.78 is 7.33. The third kappa shape index (κ3) is 1.91. The van der Waals surface area contributed by atoms with Gasteiger partial charge in [0.1, 0.15) is 17.5 Å². The van der Waals surface area contributed by atoms with Crippen LogP contribution in [0.2, 0.25) is 0 Å². The van der Waals surface area contributed by atoms with E-state index in [2.05, 4.69) is 4.98 Å². The van der Waals surface area contributed by atoms with E-state index in [4.69, 9.17) is 4.74 Å². The highest BCUT2D eigenvalue weighted by molar-refractivity contribution is 5.38. The molecule has 3 heterocycles. The fourth-order valence-corrected chi connectivity index (χ4v) is 2.59. The molecule has 0 saturated carbocycles. The molecule has 5 nitrogen and oxygen atoms in total. The Kier molecular flexibility index (Phi) is 2.87. The molecule has 20 heavy (non-hydrogen) atoms. The van der Waals surface area contributed by atoms with Gasteiger partial charge in [-0.25, -0.2) is 0 Å². The van der Waals surface area contributed by atoms with Gasteiger partial charge in [0.25, 0.3) is 5.56 Å². The van der Waals surface area contributed by atoms with Crippen LogP contribution in [-0.4, -0.2) is 26.4 Å². The van der Waals surface area contributed by atoms with E-state index in [1.165, 1.54) is 10.6 Å². The Hall–Kier alpha value is -2.14. The molecule has 104 valence electrons. The molecule has 0 aliphatic carbocycles. The van der Waals surface area contributed by atoms with Gasteiger partial charge in [-0.2, -0.15) is 0 Å². The van der Waals surface area contributed by atoms with Gasteiger partial charge in [-0.15, -0.1) is 0 Å². The molecule has 0 unspecified atom stereocenters. The van der Waals surface area contributed by atoms with Crippen LogP contribution in [0.1, 0.15) is 25.5 Å². The molecule has 0 saturated heterocycles. The summed E-state index contributed by atoms with van der Waals surface area (Å²) in [5.74, 6) is 0.601. The first-order chi connectivity index (χ1) is 9.50. The number of aliphatic hydroxyl groups is 1. The second kappa shape index (κ2) is 4.45. The lowest BCUT2D eigenvalue weighted by Crippen LogP contribution is -2.52. The molecule has 0 fully saturated rings. The molecular formula is C15H16N2O3. The summed E-state index contributed by atoms with van der Waals surface area (Å²) in [7, 11) is 0. The minimum Gasteiger partial charge on any atom is -0.483 e. The van der Waals surface area contributed by atoms with E-state index in [0.717, 1.165) is 5.56 Å². The van der Waals surface area contributed by atoms with Crippen molar-refractivity contribution in [3.8, 4) is 5.75 Å². The first kappa shape index (κ1) is 12.9. The molecule has 2 aromatic heterocycles. The Labute approximate surface area is 116 Å². The predicted octanol–water partition coefficient (Wildman–Crippen LogP) is 1.36. The van der Waals surface area contributed by atoms with E-state index in [0.29, 0.717) is 5.75 Å². The summed E-state index contributed by atoms with van der Waals surface area (Å²) in [6.07, 6.45) is 4.09. The molecule has 3 rings (SSSR count). The van der Waals surface area contributed by atoms with Crippen molar-refractivity contribution < 1.29 is 9.84 Å². The van der Waals surface area contributed by atoms with Crippen LogP contribution < -0.4 is 10.3 Å². The zero-order valence-corrected chi connectivity index (χ0v) is 11.4. The summed E-state index contributed by atoms with van der Waals surface area (Å²) in [4.78, 5) is 16.1.